The van der Waals surface area contributed by atoms with Gasteiger partial charge in [0.15, 0.2) is 0 Å². The van der Waals surface area contributed by atoms with Gasteiger partial charge in [0.2, 0.25) is 0 Å². The maximum absolute atomic E-state index is 10.7. The summed E-state index contributed by atoms with van der Waals surface area (Å²) in [5, 5.41) is 0. The molecule has 0 unspecified atom stereocenters. The normalized spacial score (nSPS) is 10.5. The van der Waals surface area contributed by atoms with E-state index in [1.165, 1.54) is 0 Å². The average Bonchev–Trinajstić information content (AvgIpc) is 2.10. The molecular weight excluding hydrogens is 168 g/mol. The zero-order valence-corrected chi connectivity index (χ0v) is 8.84. The first-order valence-corrected chi connectivity index (χ1v) is 4.90. The Kier molecular flexibility index (Phi) is 7.69. The quantitative estimate of drug-likeness (QED) is 0.453. The maximum atomic E-state index is 10.7. The Morgan fingerprint density at radius 2 is 1.92 bits per heavy atom. The van der Waals surface area contributed by atoms with Gasteiger partial charge < -0.3 is 9.47 Å². The lowest BCUT2D eigenvalue weighted by molar-refractivity contribution is -0.144. The van der Waals surface area contributed by atoms with Crippen LogP contribution in [-0.2, 0) is 14.3 Å². The van der Waals surface area contributed by atoms with Crippen LogP contribution in [0.1, 0.15) is 33.6 Å². The van der Waals surface area contributed by atoms with Crippen LogP contribution in [0.2, 0.25) is 0 Å². The highest BCUT2D eigenvalue weighted by molar-refractivity contribution is 5.68. The van der Waals surface area contributed by atoms with Gasteiger partial charge in [0.25, 0.3) is 0 Å². The van der Waals surface area contributed by atoms with Gasteiger partial charge in [-0.1, -0.05) is 20.8 Å². The Balaban J connectivity index is 3.04. The zero-order valence-electron chi connectivity index (χ0n) is 8.84. The molecule has 0 N–H and O–H groups in total. The fourth-order valence-corrected chi connectivity index (χ4v) is 0.738. The van der Waals surface area contributed by atoms with Crippen molar-refractivity contribution < 1.29 is 14.3 Å². The Bertz CT molecular complexity index is 132. The molecule has 0 saturated carbocycles. The molecule has 0 aromatic heterocycles. The molecule has 0 amide bonds. The minimum Gasteiger partial charge on any atom is -0.463 e. The second-order valence-electron chi connectivity index (χ2n) is 3.37. The summed E-state index contributed by atoms with van der Waals surface area (Å²) in [7, 11) is 0. The van der Waals surface area contributed by atoms with Crippen LogP contribution >= 0.6 is 0 Å². The first-order valence-electron chi connectivity index (χ1n) is 4.90. The molecular formula is C10H20O3. The van der Waals surface area contributed by atoms with Crippen molar-refractivity contribution in [2.24, 2.45) is 5.92 Å². The molecule has 13 heavy (non-hydrogen) atoms. The summed E-state index contributed by atoms with van der Waals surface area (Å²) in [6.45, 7) is 7.73. The number of carbonyl (C=O) groups is 1. The van der Waals surface area contributed by atoms with E-state index in [4.69, 9.17) is 9.47 Å². The third-order valence-electron chi connectivity index (χ3n) is 1.62. The monoisotopic (exact) mass is 188 g/mol. The number of rotatable bonds is 7. The maximum Gasteiger partial charge on any atom is 0.305 e. The lowest BCUT2D eigenvalue weighted by Gasteiger charge is -2.06. The Morgan fingerprint density at radius 1 is 1.23 bits per heavy atom. The standard InChI is InChI=1S/C10H20O3/c1-4-10(11)13-8-7-12-6-5-9(2)3/h9H,4-8H2,1-3H3. The van der Waals surface area contributed by atoms with Gasteiger partial charge in [-0.25, -0.2) is 0 Å². The molecule has 0 aliphatic carbocycles. The molecule has 0 aromatic rings. The molecule has 0 radical (unpaired) electrons. The predicted octanol–water partition coefficient (Wildman–Crippen LogP) is 2.00. The van der Waals surface area contributed by atoms with Crippen LogP contribution in [-0.4, -0.2) is 25.8 Å². The van der Waals surface area contributed by atoms with E-state index in [2.05, 4.69) is 13.8 Å². The Hall–Kier alpha value is -0.570. The smallest absolute Gasteiger partial charge is 0.305 e. The van der Waals surface area contributed by atoms with Crippen LogP contribution in [0.15, 0.2) is 0 Å². The number of esters is 1. The van der Waals surface area contributed by atoms with E-state index in [9.17, 15) is 4.79 Å². The van der Waals surface area contributed by atoms with Crippen molar-refractivity contribution in [3.8, 4) is 0 Å². The van der Waals surface area contributed by atoms with Crippen LogP contribution in [0.4, 0.5) is 0 Å². The second kappa shape index (κ2) is 8.05. The van der Waals surface area contributed by atoms with Crippen LogP contribution in [0, 0.1) is 5.92 Å². The van der Waals surface area contributed by atoms with E-state index < -0.39 is 0 Å². The van der Waals surface area contributed by atoms with E-state index in [-0.39, 0.29) is 5.97 Å². The number of ether oxygens (including phenoxy) is 2. The van der Waals surface area contributed by atoms with Crippen molar-refractivity contribution in [3.63, 3.8) is 0 Å². The van der Waals surface area contributed by atoms with Gasteiger partial charge in [-0.2, -0.15) is 0 Å². The van der Waals surface area contributed by atoms with Crippen molar-refractivity contribution in [1.82, 2.24) is 0 Å². The number of carbonyl (C=O) groups excluding carboxylic acids is 1. The van der Waals surface area contributed by atoms with Crippen LogP contribution in [0.5, 0.6) is 0 Å². The van der Waals surface area contributed by atoms with Gasteiger partial charge in [0, 0.05) is 13.0 Å². The third kappa shape index (κ3) is 9.34. The molecule has 0 saturated heterocycles. The van der Waals surface area contributed by atoms with Crippen molar-refractivity contribution in [2.45, 2.75) is 33.6 Å². The molecule has 0 aliphatic heterocycles. The first kappa shape index (κ1) is 12.4. The molecule has 78 valence electrons. The Morgan fingerprint density at radius 3 is 2.46 bits per heavy atom. The molecule has 0 bridgehead atoms. The van der Waals surface area contributed by atoms with Gasteiger partial charge in [0.05, 0.1) is 6.61 Å². The fraction of sp³-hybridized carbons (Fsp3) is 0.900. The first-order chi connectivity index (χ1) is 6.16. The van der Waals surface area contributed by atoms with Gasteiger partial charge in [-0.05, 0) is 12.3 Å². The Labute approximate surface area is 80.4 Å². The molecule has 0 aromatic carbocycles. The summed E-state index contributed by atoms with van der Waals surface area (Å²) in [5.41, 5.74) is 0. The van der Waals surface area contributed by atoms with Crippen molar-refractivity contribution in [2.75, 3.05) is 19.8 Å². The van der Waals surface area contributed by atoms with Crippen LogP contribution in [0.25, 0.3) is 0 Å². The molecule has 3 nitrogen and oxygen atoms in total. The topological polar surface area (TPSA) is 35.5 Å². The molecule has 0 rings (SSSR count). The minimum absolute atomic E-state index is 0.160. The van der Waals surface area contributed by atoms with E-state index >= 15 is 0 Å². The molecule has 0 fully saturated rings. The molecule has 0 spiro atoms. The fourth-order valence-electron chi connectivity index (χ4n) is 0.738. The lowest BCUT2D eigenvalue weighted by Crippen LogP contribution is -2.10. The SMILES string of the molecule is CCC(=O)OCCOCCC(C)C. The van der Waals surface area contributed by atoms with Gasteiger partial charge >= 0.3 is 5.97 Å². The van der Waals surface area contributed by atoms with E-state index in [1.54, 1.807) is 6.92 Å². The highest BCUT2D eigenvalue weighted by atomic mass is 16.6. The average molecular weight is 188 g/mol. The third-order valence-corrected chi connectivity index (χ3v) is 1.62. The molecule has 0 aliphatic rings. The largest absolute Gasteiger partial charge is 0.463 e. The lowest BCUT2D eigenvalue weighted by atomic mass is 10.1. The molecule has 3 heteroatoms. The minimum atomic E-state index is -0.160. The van der Waals surface area contributed by atoms with Crippen molar-refractivity contribution in [1.29, 1.82) is 0 Å². The van der Waals surface area contributed by atoms with Gasteiger partial charge in [-0.3, -0.25) is 4.79 Å². The summed E-state index contributed by atoms with van der Waals surface area (Å²) in [5.74, 6) is 0.505. The van der Waals surface area contributed by atoms with Crippen LogP contribution in [0.3, 0.4) is 0 Å². The summed E-state index contributed by atoms with van der Waals surface area (Å²) in [6, 6.07) is 0. The van der Waals surface area contributed by atoms with Gasteiger partial charge in [0.1, 0.15) is 6.61 Å². The summed E-state index contributed by atoms with van der Waals surface area (Å²) in [6.07, 6.45) is 1.49. The van der Waals surface area contributed by atoms with Crippen molar-refractivity contribution >= 4 is 5.97 Å². The second-order valence-corrected chi connectivity index (χ2v) is 3.37. The number of hydrogen-bond acceptors (Lipinski definition) is 3. The van der Waals surface area contributed by atoms with Gasteiger partial charge in [-0.15, -0.1) is 0 Å². The molecule has 0 atom stereocenters. The summed E-state index contributed by atoms with van der Waals surface area (Å²) >= 11 is 0. The van der Waals surface area contributed by atoms with E-state index in [1.807, 2.05) is 0 Å². The predicted molar refractivity (Wildman–Crippen MR) is 51.5 cm³/mol. The zero-order chi connectivity index (χ0) is 10.1. The summed E-state index contributed by atoms with van der Waals surface area (Å²) < 4.78 is 10.1. The number of hydrogen-bond donors (Lipinski definition) is 0. The van der Waals surface area contributed by atoms with Crippen LogP contribution < -0.4 is 0 Å². The molecule has 0 heterocycles. The van der Waals surface area contributed by atoms with E-state index in [0.29, 0.717) is 25.6 Å². The van der Waals surface area contributed by atoms with E-state index in [0.717, 1.165) is 13.0 Å². The van der Waals surface area contributed by atoms with Crippen molar-refractivity contribution in [3.05, 3.63) is 0 Å². The highest BCUT2D eigenvalue weighted by Crippen LogP contribution is 1.98. The summed E-state index contributed by atoms with van der Waals surface area (Å²) in [4.78, 5) is 10.7. The highest BCUT2D eigenvalue weighted by Gasteiger charge is 1.97.